The third kappa shape index (κ3) is 4.52. The van der Waals surface area contributed by atoms with Gasteiger partial charge in [0.2, 0.25) is 10.0 Å². The summed E-state index contributed by atoms with van der Waals surface area (Å²) in [5.74, 6) is -0.371. The number of aromatic nitrogens is 1. The lowest BCUT2D eigenvalue weighted by Gasteiger charge is -2.33. The minimum absolute atomic E-state index is 0.183. The van der Waals surface area contributed by atoms with Crippen LogP contribution in [0.4, 0.5) is 5.69 Å². The number of anilines is 1. The van der Waals surface area contributed by atoms with E-state index in [0.717, 1.165) is 25.3 Å². The molecule has 1 aromatic heterocycles. The van der Waals surface area contributed by atoms with Crippen LogP contribution >= 0.6 is 0 Å². The minimum atomic E-state index is -3.58. The number of hydrogen-bond acceptors (Lipinski definition) is 5. The standard InChI is InChI=1S/C19H24N4O3S/c1-3-22-10-12-23(13-11-22)27(25,26)17-8-5-7-16(14-17)21-19(24)18-9-4-6-15(2)20-18/h4-9,14H,3,10-13H2,1-2H3,(H,21,24). The van der Waals surface area contributed by atoms with Crippen LogP contribution in [-0.4, -0.2) is 61.2 Å². The second kappa shape index (κ2) is 8.16. The lowest BCUT2D eigenvalue weighted by Crippen LogP contribution is -2.48. The van der Waals surface area contributed by atoms with Gasteiger partial charge in [-0.15, -0.1) is 0 Å². The number of aryl methyl sites for hydroxylation is 1. The van der Waals surface area contributed by atoms with Gasteiger partial charge in [0.25, 0.3) is 5.91 Å². The zero-order valence-electron chi connectivity index (χ0n) is 15.6. The van der Waals surface area contributed by atoms with Crippen LogP contribution in [0.25, 0.3) is 0 Å². The summed E-state index contributed by atoms with van der Waals surface area (Å²) in [5, 5.41) is 2.72. The number of piperazine rings is 1. The van der Waals surface area contributed by atoms with Crippen molar-refractivity contribution in [1.82, 2.24) is 14.2 Å². The number of carbonyl (C=O) groups is 1. The first-order chi connectivity index (χ1) is 12.9. The fraction of sp³-hybridized carbons (Fsp3) is 0.368. The molecule has 0 aliphatic carbocycles. The maximum Gasteiger partial charge on any atom is 0.274 e. The average Bonchev–Trinajstić information content (AvgIpc) is 2.68. The second-order valence-electron chi connectivity index (χ2n) is 6.48. The van der Waals surface area contributed by atoms with Crippen LogP contribution in [0.2, 0.25) is 0 Å². The Balaban J connectivity index is 1.76. The van der Waals surface area contributed by atoms with Gasteiger partial charge in [0.15, 0.2) is 0 Å². The number of amides is 1. The Morgan fingerprint density at radius 3 is 2.48 bits per heavy atom. The molecule has 144 valence electrons. The molecule has 0 unspecified atom stereocenters. The lowest BCUT2D eigenvalue weighted by molar-refractivity contribution is 0.102. The van der Waals surface area contributed by atoms with E-state index in [0.29, 0.717) is 24.5 Å². The molecule has 1 aromatic carbocycles. The monoisotopic (exact) mass is 388 g/mol. The molecule has 2 aromatic rings. The van der Waals surface area contributed by atoms with E-state index in [4.69, 9.17) is 0 Å². The van der Waals surface area contributed by atoms with E-state index in [1.807, 2.05) is 13.0 Å². The number of hydrogen-bond donors (Lipinski definition) is 1. The van der Waals surface area contributed by atoms with Crippen LogP contribution in [0.15, 0.2) is 47.4 Å². The lowest BCUT2D eigenvalue weighted by atomic mass is 10.2. The van der Waals surface area contributed by atoms with Gasteiger partial charge in [0.1, 0.15) is 5.69 Å². The zero-order chi connectivity index (χ0) is 19.4. The van der Waals surface area contributed by atoms with Crippen molar-refractivity contribution in [2.24, 2.45) is 0 Å². The van der Waals surface area contributed by atoms with E-state index >= 15 is 0 Å². The molecule has 1 aliphatic rings. The molecule has 0 bridgehead atoms. The Morgan fingerprint density at radius 2 is 1.81 bits per heavy atom. The van der Waals surface area contributed by atoms with Crippen molar-refractivity contribution >= 4 is 21.6 Å². The highest BCUT2D eigenvalue weighted by Crippen LogP contribution is 2.21. The first kappa shape index (κ1) is 19.5. The van der Waals surface area contributed by atoms with Gasteiger partial charge in [-0.05, 0) is 43.8 Å². The third-order valence-corrected chi connectivity index (χ3v) is 6.52. The molecule has 0 spiro atoms. The molecule has 1 aliphatic heterocycles. The molecule has 8 heteroatoms. The molecular formula is C19H24N4O3S. The molecule has 0 atom stereocenters. The number of nitrogens with one attached hydrogen (secondary N) is 1. The quantitative estimate of drug-likeness (QED) is 0.847. The Labute approximate surface area is 160 Å². The minimum Gasteiger partial charge on any atom is -0.321 e. The van der Waals surface area contributed by atoms with Gasteiger partial charge in [0, 0.05) is 37.6 Å². The SMILES string of the molecule is CCN1CCN(S(=O)(=O)c2cccc(NC(=O)c3cccc(C)n3)c2)CC1. The van der Waals surface area contributed by atoms with Gasteiger partial charge in [-0.1, -0.05) is 19.1 Å². The highest BCUT2D eigenvalue weighted by Gasteiger charge is 2.28. The van der Waals surface area contributed by atoms with Crippen molar-refractivity contribution in [3.05, 3.63) is 53.9 Å². The summed E-state index contributed by atoms with van der Waals surface area (Å²) in [6.07, 6.45) is 0. The van der Waals surface area contributed by atoms with Crippen LogP contribution in [0.5, 0.6) is 0 Å². The number of rotatable bonds is 5. The third-order valence-electron chi connectivity index (χ3n) is 4.63. The van der Waals surface area contributed by atoms with E-state index in [1.165, 1.54) is 10.4 Å². The van der Waals surface area contributed by atoms with Crippen LogP contribution in [0.3, 0.4) is 0 Å². The number of likely N-dealkylation sites (N-methyl/N-ethyl adjacent to an activating group) is 1. The fourth-order valence-electron chi connectivity index (χ4n) is 3.03. The summed E-state index contributed by atoms with van der Waals surface area (Å²) < 4.78 is 27.3. The largest absolute Gasteiger partial charge is 0.321 e. The second-order valence-corrected chi connectivity index (χ2v) is 8.42. The predicted molar refractivity (Wildman–Crippen MR) is 104 cm³/mol. The van der Waals surface area contributed by atoms with E-state index in [9.17, 15) is 13.2 Å². The van der Waals surface area contributed by atoms with Gasteiger partial charge in [-0.25, -0.2) is 13.4 Å². The molecule has 1 amide bonds. The van der Waals surface area contributed by atoms with E-state index < -0.39 is 10.0 Å². The molecule has 7 nitrogen and oxygen atoms in total. The van der Waals surface area contributed by atoms with E-state index in [2.05, 4.69) is 22.1 Å². The molecule has 1 saturated heterocycles. The fourth-order valence-corrected chi connectivity index (χ4v) is 4.50. The summed E-state index contributed by atoms with van der Waals surface area (Å²) in [7, 11) is -3.58. The van der Waals surface area contributed by atoms with Crippen LogP contribution in [-0.2, 0) is 10.0 Å². The summed E-state index contributed by atoms with van der Waals surface area (Å²) in [5.41, 5.74) is 1.46. The Morgan fingerprint density at radius 1 is 1.11 bits per heavy atom. The summed E-state index contributed by atoms with van der Waals surface area (Å²) in [6, 6.07) is 11.5. The van der Waals surface area contributed by atoms with Crippen molar-refractivity contribution in [3.8, 4) is 0 Å². The van der Waals surface area contributed by atoms with Crippen molar-refractivity contribution in [3.63, 3.8) is 0 Å². The summed E-state index contributed by atoms with van der Waals surface area (Å²) in [4.78, 5) is 18.9. The van der Waals surface area contributed by atoms with Gasteiger partial charge in [0.05, 0.1) is 4.90 Å². The molecule has 1 fully saturated rings. The van der Waals surface area contributed by atoms with Crippen molar-refractivity contribution in [2.45, 2.75) is 18.7 Å². The highest BCUT2D eigenvalue weighted by molar-refractivity contribution is 7.89. The van der Waals surface area contributed by atoms with Crippen LogP contribution in [0.1, 0.15) is 23.1 Å². The predicted octanol–water partition coefficient (Wildman–Crippen LogP) is 1.97. The van der Waals surface area contributed by atoms with Crippen LogP contribution < -0.4 is 5.32 Å². The summed E-state index contributed by atoms with van der Waals surface area (Å²) >= 11 is 0. The number of benzene rings is 1. The number of nitrogens with zero attached hydrogens (tertiary/aromatic N) is 3. The number of carbonyl (C=O) groups excluding carboxylic acids is 1. The van der Waals surface area contributed by atoms with Crippen molar-refractivity contribution in [2.75, 3.05) is 38.0 Å². The first-order valence-electron chi connectivity index (χ1n) is 8.97. The van der Waals surface area contributed by atoms with E-state index in [1.54, 1.807) is 30.3 Å². The number of pyridine rings is 1. The maximum atomic E-state index is 12.9. The summed E-state index contributed by atoms with van der Waals surface area (Å²) in [6.45, 7) is 7.19. The molecule has 2 heterocycles. The normalized spacial score (nSPS) is 16.2. The van der Waals surface area contributed by atoms with Gasteiger partial charge in [-0.2, -0.15) is 4.31 Å². The topological polar surface area (TPSA) is 82.6 Å². The Hall–Kier alpha value is -2.29. The average molecular weight is 388 g/mol. The smallest absolute Gasteiger partial charge is 0.274 e. The highest BCUT2D eigenvalue weighted by atomic mass is 32.2. The van der Waals surface area contributed by atoms with Gasteiger partial charge in [-0.3, -0.25) is 4.79 Å². The zero-order valence-corrected chi connectivity index (χ0v) is 16.4. The molecule has 0 saturated carbocycles. The molecular weight excluding hydrogens is 364 g/mol. The maximum absolute atomic E-state index is 12.9. The Kier molecular flexibility index (Phi) is 5.88. The van der Waals surface area contributed by atoms with Gasteiger partial charge >= 0.3 is 0 Å². The molecule has 1 N–H and O–H groups in total. The molecule has 0 radical (unpaired) electrons. The first-order valence-corrected chi connectivity index (χ1v) is 10.4. The molecule has 3 rings (SSSR count). The number of sulfonamides is 1. The van der Waals surface area contributed by atoms with Crippen molar-refractivity contribution in [1.29, 1.82) is 0 Å². The van der Waals surface area contributed by atoms with Crippen LogP contribution in [0, 0.1) is 6.92 Å². The van der Waals surface area contributed by atoms with E-state index in [-0.39, 0.29) is 10.8 Å². The Bertz CT molecular complexity index is 922. The van der Waals surface area contributed by atoms with Gasteiger partial charge < -0.3 is 10.2 Å². The molecule has 27 heavy (non-hydrogen) atoms. The van der Waals surface area contributed by atoms with Crippen molar-refractivity contribution < 1.29 is 13.2 Å².